The lowest BCUT2D eigenvalue weighted by Crippen LogP contribution is -2.35. The topological polar surface area (TPSA) is 66.4 Å². The first-order valence-electron chi connectivity index (χ1n) is 8.62. The van der Waals surface area contributed by atoms with E-state index in [2.05, 4.69) is 17.4 Å². The maximum absolute atomic E-state index is 13.1. The summed E-state index contributed by atoms with van der Waals surface area (Å²) >= 11 is 1.50. The van der Waals surface area contributed by atoms with E-state index in [-0.39, 0.29) is 17.3 Å². The van der Waals surface area contributed by atoms with Gasteiger partial charge in [-0.25, -0.2) is 4.79 Å². The van der Waals surface area contributed by atoms with Gasteiger partial charge in [0.25, 0.3) is 0 Å². The van der Waals surface area contributed by atoms with Crippen LogP contribution in [0.1, 0.15) is 42.0 Å². The van der Waals surface area contributed by atoms with Crippen LogP contribution in [0.2, 0.25) is 0 Å². The minimum Gasteiger partial charge on any atom is -0.478 e. The van der Waals surface area contributed by atoms with Gasteiger partial charge in [-0.1, -0.05) is 36.4 Å². The van der Waals surface area contributed by atoms with E-state index in [1.165, 1.54) is 11.3 Å². The zero-order valence-corrected chi connectivity index (χ0v) is 15.2. The van der Waals surface area contributed by atoms with Crippen LogP contribution in [0.5, 0.6) is 0 Å². The number of aliphatic carboxylic acids is 1. The molecular weight excluding hydrogens is 346 g/mol. The molecule has 2 unspecified atom stereocenters. The molecule has 0 amide bonds. The van der Waals surface area contributed by atoms with Crippen LogP contribution in [0.4, 0.5) is 0 Å². The fourth-order valence-corrected chi connectivity index (χ4v) is 4.87. The molecule has 0 fully saturated rings. The molecule has 132 valence electrons. The van der Waals surface area contributed by atoms with Crippen molar-refractivity contribution < 1.29 is 14.7 Å². The lowest BCUT2D eigenvalue weighted by molar-refractivity contribution is -0.133. The number of hydrogen-bond acceptors (Lipinski definition) is 4. The van der Waals surface area contributed by atoms with Gasteiger partial charge in [-0.15, -0.1) is 11.3 Å². The van der Waals surface area contributed by atoms with E-state index in [1.54, 1.807) is 6.92 Å². The summed E-state index contributed by atoms with van der Waals surface area (Å²) in [5.74, 6) is -1.29. The largest absolute Gasteiger partial charge is 0.478 e. The number of hydrogen-bond donors (Lipinski definition) is 2. The average molecular weight is 365 g/mol. The van der Waals surface area contributed by atoms with E-state index in [0.29, 0.717) is 17.7 Å². The van der Waals surface area contributed by atoms with Gasteiger partial charge in [0.2, 0.25) is 0 Å². The SMILES string of the molecule is CC1=C(C(=O)O)C(c2cccs2)C2=C(CC(c3ccccc3)CC2=O)N1. The first kappa shape index (κ1) is 16.8. The number of ketones is 1. The van der Waals surface area contributed by atoms with E-state index in [9.17, 15) is 14.7 Å². The summed E-state index contributed by atoms with van der Waals surface area (Å²) in [6.07, 6.45) is 1.13. The molecule has 1 aromatic carbocycles. The zero-order valence-electron chi connectivity index (χ0n) is 14.4. The van der Waals surface area contributed by atoms with Crippen LogP contribution in [-0.4, -0.2) is 16.9 Å². The number of rotatable bonds is 3. The van der Waals surface area contributed by atoms with Gasteiger partial charge in [0.15, 0.2) is 5.78 Å². The Bertz CT molecular complexity index is 925. The van der Waals surface area contributed by atoms with Crippen LogP contribution in [0.3, 0.4) is 0 Å². The highest BCUT2D eigenvalue weighted by Crippen LogP contribution is 2.46. The summed E-state index contributed by atoms with van der Waals surface area (Å²) in [7, 11) is 0. The molecule has 4 rings (SSSR count). The molecule has 2 aromatic rings. The van der Waals surface area contributed by atoms with Gasteiger partial charge in [0.05, 0.1) is 11.5 Å². The van der Waals surface area contributed by atoms with Crippen molar-refractivity contribution in [3.05, 3.63) is 80.8 Å². The molecule has 2 N–H and O–H groups in total. The smallest absolute Gasteiger partial charge is 0.334 e. The predicted octanol–water partition coefficient (Wildman–Crippen LogP) is 4.19. The van der Waals surface area contributed by atoms with Crippen molar-refractivity contribution in [3.63, 3.8) is 0 Å². The van der Waals surface area contributed by atoms with E-state index in [0.717, 1.165) is 22.6 Å². The van der Waals surface area contributed by atoms with Crippen molar-refractivity contribution in [1.29, 1.82) is 0 Å². The molecule has 4 nitrogen and oxygen atoms in total. The number of allylic oxidation sites excluding steroid dienone is 3. The Morgan fingerprint density at radius 2 is 1.92 bits per heavy atom. The Kier molecular flexibility index (Phi) is 4.24. The normalized spacial score (nSPS) is 22.9. The van der Waals surface area contributed by atoms with E-state index < -0.39 is 11.9 Å². The van der Waals surface area contributed by atoms with E-state index in [4.69, 9.17) is 0 Å². The van der Waals surface area contributed by atoms with Crippen LogP contribution in [0.25, 0.3) is 0 Å². The standard InChI is InChI=1S/C21H19NO3S/c1-12-18(21(24)25)20(17-8-5-9-26-17)19-15(22-12)10-14(11-16(19)23)13-6-3-2-4-7-13/h2-9,14,20,22H,10-11H2,1H3,(H,24,25). The first-order valence-corrected chi connectivity index (χ1v) is 9.50. The molecule has 1 aliphatic heterocycles. The number of nitrogens with one attached hydrogen (secondary N) is 1. The number of carboxylic acids is 1. The number of carbonyl (C=O) groups is 2. The second-order valence-corrected chi connectivity index (χ2v) is 7.73. The summed E-state index contributed by atoms with van der Waals surface area (Å²) in [5, 5.41) is 14.9. The fourth-order valence-electron chi connectivity index (χ4n) is 4.02. The van der Waals surface area contributed by atoms with Gasteiger partial charge >= 0.3 is 5.97 Å². The molecule has 0 saturated heterocycles. The Balaban J connectivity index is 1.79. The average Bonchev–Trinajstić information content (AvgIpc) is 3.15. The molecule has 0 saturated carbocycles. The van der Waals surface area contributed by atoms with Crippen LogP contribution >= 0.6 is 11.3 Å². The number of carbonyl (C=O) groups excluding carboxylic acids is 1. The summed E-state index contributed by atoms with van der Waals surface area (Å²) < 4.78 is 0. The minimum atomic E-state index is -0.974. The molecule has 5 heteroatoms. The zero-order chi connectivity index (χ0) is 18.3. The molecule has 2 aliphatic rings. The van der Waals surface area contributed by atoms with Gasteiger partial charge < -0.3 is 10.4 Å². The highest BCUT2D eigenvalue weighted by Gasteiger charge is 2.41. The van der Waals surface area contributed by atoms with Crippen LogP contribution in [0.15, 0.2) is 70.4 Å². The highest BCUT2D eigenvalue weighted by atomic mass is 32.1. The summed E-state index contributed by atoms with van der Waals surface area (Å²) in [6.45, 7) is 1.78. The number of benzene rings is 1. The van der Waals surface area contributed by atoms with Crippen molar-refractivity contribution in [1.82, 2.24) is 5.32 Å². The van der Waals surface area contributed by atoms with Gasteiger partial charge in [0.1, 0.15) is 0 Å². The van der Waals surface area contributed by atoms with Crippen molar-refractivity contribution in [3.8, 4) is 0 Å². The lowest BCUT2D eigenvalue weighted by atomic mass is 9.73. The third-order valence-corrected chi connectivity index (χ3v) is 6.09. The summed E-state index contributed by atoms with van der Waals surface area (Å²) in [6, 6.07) is 13.9. The molecule has 0 spiro atoms. The van der Waals surface area contributed by atoms with Crippen molar-refractivity contribution in [2.75, 3.05) is 0 Å². The third kappa shape index (κ3) is 2.78. The molecule has 2 atom stereocenters. The van der Waals surface area contributed by atoms with Gasteiger partial charge in [-0.3, -0.25) is 4.79 Å². The molecule has 26 heavy (non-hydrogen) atoms. The Hall–Kier alpha value is -2.66. The molecule has 0 radical (unpaired) electrons. The molecule has 1 aromatic heterocycles. The maximum atomic E-state index is 13.1. The van der Waals surface area contributed by atoms with E-state index >= 15 is 0 Å². The maximum Gasteiger partial charge on any atom is 0.334 e. The first-order chi connectivity index (χ1) is 12.6. The molecule has 0 bridgehead atoms. The monoisotopic (exact) mass is 365 g/mol. The molecule has 2 heterocycles. The lowest BCUT2D eigenvalue weighted by Gasteiger charge is -2.35. The third-order valence-electron chi connectivity index (χ3n) is 5.16. The van der Waals surface area contributed by atoms with Crippen LogP contribution in [-0.2, 0) is 9.59 Å². The summed E-state index contributed by atoms with van der Waals surface area (Å²) in [4.78, 5) is 25.9. The number of thiophene rings is 1. The van der Waals surface area contributed by atoms with Gasteiger partial charge in [-0.2, -0.15) is 0 Å². The Labute approximate surface area is 155 Å². The number of carboxylic acid groups (broad SMARTS) is 1. The number of Topliss-reactive ketones (excluding diaryl/α,β-unsaturated/α-hetero) is 1. The van der Waals surface area contributed by atoms with Crippen molar-refractivity contribution in [2.45, 2.75) is 31.6 Å². The Morgan fingerprint density at radius 3 is 2.58 bits per heavy atom. The minimum absolute atomic E-state index is 0.0391. The van der Waals surface area contributed by atoms with Crippen molar-refractivity contribution in [2.24, 2.45) is 0 Å². The molecular formula is C21H19NO3S. The highest BCUT2D eigenvalue weighted by molar-refractivity contribution is 7.10. The molecule has 1 aliphatic carbocycles. The van der Waals surface area contributed by atoms with Crippen LogP contribution < -0.4 is 5.32 Å². The predicted molar refractivity (Wildman–Crippen MR) is 101 cm³/mol. The van der Waals surface area contributed by atoms with Gasteiger partial charge in [0, 0.05) is 28.3 Å². The fraction of sp³-hybridized carbons (Fsp3) is 0.238. The Morgan fingerprint density at radius 1 is 1.15 bits per heavy atom. The number of dihydropyridines is 1. The van der Waals surface area contributed by atoms with Crippen molar-refractivity contribution >= 4 is 23.1 Å². The second-order valence-electron chi connectivity index (χ2n) is 6.75. The van der Waals surface area contributed by atoms with E-state index in [1.807, 2.05) is 35.7 Å². The van der Waals surface area contributed by atoms with Crippen LogP contribution in [0, 0.1) is 0 Å². The summed E-state index contributed by atoms with van der Waals surface area (Å²) in [5.41, 5.74) is 3.54. The second kappa shape index (κ2) is 6.57. The quantitative estimate of drug-likeness (QED) is 0.856. The van der Waals surface area contributed by atoms with Gasteiger partial charge in [-0.05, 0) is 36.3 Å².